The highest BCUT2D eigenvalue weighted by Crippen LogP contribution is 2.26. The number of hydrogen-bond donors (Lipinski definition) is 1. The Balaban J connectivity index is 1.71. The van der Waals surface area contributed by atoms with Gasteiger partial charge in [0.25, 0.3) is 5.56 Å². The third-order valence-corrected chi connectivity index (χ3v) is 3.77. The molecule has 1 aliphatic heterocycles. The Morgan fingerprint density at radius 1 is 1.36 bits per heavy atom. The SMILES string of the molecule is Cn1ncc2c(=O)[nH]c(C=Cc3ccc4c(c3)CCO4)nc21. The third-order valence-electron chi connectivity index (χ3n) is 3.77. The molecule has 4 rings (SSSR count). The molecule has 0 bridgehead atoms. The molecule has 0 amide bonds. The van der Waals surface area contributed by atoms with Gasteiger partial charge in [0, 0.05) is 13.5 Å². The van der Waals surface area contributed by atoms with Gasteiger partial charge in [-0.3, -0.25) is 9.48 Å². The molecule has 0 spiro atoms. The fourth-order valence-corrected chi connectivity index (χ4v) is 2.61. The Labute approximate surface area is 126 Å². The molecule has 0 saturated heterocycles. The first-order valence-corrected chi connectivity index (χ1v) is 7.06. The summed E-state index contributed by atoms with van der Waals surface area (Å²) in [5.74, 6) is 1.47. The van der Waals surface area contributed by atoms with E-state index in [1.54, 1.807) is 17.8 Å². The van der Waals surface area contributed by atoms with Crippen molar-refractivity contribution in [2.75, 3.05) is 6.61 Å². The number of fused-ring (bicyclic) bond motifs is 2. The Kier molecular flexibility index (Phi) is 2.82. The van der Waals surface area contributed by atoms with Crippen molar-refractivity contribution in [2.24, 2.45) is 7.05 Å². The summed E-state index contributed by atoms with van der Waals surface area (Å²) in [5, 5.41) is 4.55. The summed E-state index contributed by atoms with van der Waals surface area (Å²) >= 11 is 0. The van der Waals surface area contributed by atoms with Gasteiger partial charge in [0.05, 0.1) is 12.8 Å². The quantitative estimate of drug-likeness (QED) is 0.781. The van der Waals surface area contributed by atoms with Gasteiger partial charge in [-0.1, -0.05) is 12.1 Å². The number of aryl methyl sites for hydroxylation is 1. The number of ether oxygens (including phenoxy) is 1. The van der Waals surface area contributed by atoms with Gasteiger partial charge in [0.2, 0.25) is 0 Å². The first-order chi connectivity index (χ1) is 10.7. The van der Waals surface area contributed by atoms with Crippen LogP contribution in [-0.2, 0) is 13.5 Å². The van der Waals surface area contributed by atoms with Crippen molar-refractivity contribution < 1.29 is 4.74 Å². The lowest BCUT2D eigenvalue weighted by atomic mass is 10.1. The van der Waals surface area contributed by atoms with E-state index in [-0.39, 0.29) is 5.56 Å². The van der Waals surface area contributed by atoms with Crippen LogP contribution in [0.5, 0.6) is 5.75 Å². The molecule has 0 radical (unpaired) electrons. The Morgan fingerprint density at radius 3 is 3.18 bits per heavy atom. The van der Waals surface area contributed by atoms with Crippen LogP contribution in [0.25, 0.3) is 23.2 Å². The van der Waals surface area contributed by atoms with Crippen molar-refractivity contribution in [2.45, 2.75) is 6.42 Å². The smallest absolute Gasteiger partial charge is 0.262 e. The highest BCUT2D eigenvalue weighted by atomic mass is 16.5. The second-order valence-corrected chi connectivity index (χ2v) is 5.26. The van der Waals surface area contributed by atoms with Crippen LogP contribution in [-0.4, -0.2) is 26.4 Å². The molecule has 0 aliphatic carbocycles. The van der Waals surface area contributed by atoms with Gasteiger partial charge in [-0.2, -0.15) is 5.10 Å². The zero-order chi connectivity index (χ0) is 15.1. The third kappa shape index (κ3) is 2.09. The van der Waals surface area contributed by atoms with Crippen LogP contribution >= 0.6 is 0 Å². The van der Waals surface area contributed by atoms with E-state index < -0.39 is 0 Å². The van der Waals surface area contributed by atoms with E-state index in [1.807, 2.05) is 18.2 Å². The number of hydrogen-bond acceptors (Lipinski definition) is 4. The number of benzene rings is 1. The summed E-state index contributed by atoms with van der Waals surface area (Å²) in [7, 11) is 1.77. The van der Waals surface area contributed by atoms with Crippen LogP contribution in [0.15, 0.2) is 29.2 Å². The monoisotopic (exact) mass is 294 g/mol. The number of rotatable bonds is 2. The molecule has 0 atom stereocenters. The molecule has 2 aromatic heterocycles. The fourth-order valence-electron chi connectivity index (χ4n) is 2.61. The predicted molar refractivity (Wildman–Crippen MR) is 83.7 cm³/mol. The normalized spacial score (nSPS) is 13.7. The summed E-state index contributed by atoms with van der Waals surface area (Å²) < 4.78 is 7.08. The Hall–Kier alpha value is -2.89. The van der Waals surface area contributed by atoms with E-state index in [2.05, 4.69) is 21.1 Å². The predicted octanol–water partition coefficient (Wildman–Crippen LogP) is 1.76. The maximum absolute atomic E-state index is 12.0. The summed E-state index contributed by atoms with van der Waals surface area (Å²) in [5.41, 5.74) is 2.66. The van der Waals surface area contributed by atoms with Crippen molar-refractivity contribution >= 4 is 23.2 Å². The first-order valence-electron chi connectivity index (χ1n) is 7.06. The van der Waals surface area contributed by atoms with Crippen molar-refractivity contribution in [3.8, 4) is 5.75 Å². The van der Waals surface area contributed by atoms with Crippen LogP contribution in [0.4, 0.5) is 0 Å². The topological polar surface area (TPSA) is 72.8 Å². The minimum absolute atomic E-state index is 0.180. The van der Waals surface area contributed by atoms with Crippen molar-refractivity contribution in [1.29, 1.82) is 0 Å². The lowest BCUT2D eigenvalue weighted by molar-refractivity contribution is 0.357. The van der Waals surface area contributed by atoms with Gasteiger partial charge >= 0.3 is 0 Å². The number of nitrogens with zero attached hydrogens (tertiary/aromatic N) is 3. The molecule has 6 heteroatoms. The minimum Gasteiger partial charge on any atom is -0.493 e. The van der Waals surface area contributed by atoms with E-state index in [9.17, 15) is 4.79 Å². The summed E-state index contributed by atoms with van der Waals surface area (Å²) in [6, 6.07) is 6.06. The number of H-pyrrole nitrogens is 1. The largest absolute Gasteiger partial charge is 0.493 e. The zero-order valence-electron chi connectivity index (χ0n) is 12.0. The summed E-state index contributed by atoms with van der Waals surface area (Å²) in [6.07, 6.45) is 6.19. The number of aromatic amines is 1. The number of aromatic nitrogens is 4. The van der Waals surface area contributed by atoms with Crippen LogP contribution in [0, 0.1) is 0 Å². The Morgan fingerprint density at radius 2 is 2.27 bits per heavy atom. The molecule has 3 aromatic rings. The van der Waals surface area contributed by atoms with Crippen LogP contribution in [0.1, 0.15) is 17.0 Å². The second-order valence-electron chi connectivity index (χ2n) is 5.26. The van der Waals surface area contributed by atoms with Gasteiger partial charge in [-0.05, 0) is 29.3 Å². The molecule has 3 heterocycles. The van der Waals surface area contributed by atoms with Gasteiger partial charge in [0.15, 0.2) is 5.65 Å². The van der Waals surface area contributed by atoms with E-state index in [0.29, 0.717) is 16.9 Å². The summed E-state index contributed by atoms with van der Waals surface area (Å²) in [6.45, 7) is 0.745. The lowest BCUT2D eigenvalue weighted by Crippen LogP contribution is -2.09. The second kappa shape index (κ2) is 4.84. The molecule has 6 nitrogen and oxygen atoms in total. The van der Waals surface area contributed by atoms with E-state index in [0.717, 1.165) is 24.3 Å². The molecule has 22 heavy (non-hydrogen) atoms. The van der Waals surface area contributed by atoms with Crippen LogP contribution < -0.4 is 10.3 Å². The number of nitrogens with one attached hydrogen (secondary N) is 1. The fraction of sp³-hybridized carbons (Fsp3) is 0.188. The lowest BCUT2D eigenvalue weighted by Gasteiger charge is -2.00. The molecule has 1 aromatic carbocycles. The van der Waals surface area contributed by atoms with E-state index in [4.69, 9.17) is 4.74 Å². The van der Waals surface area contributed by atoms with Crippen LogP contribution in [0.3, 0.4) is 0 Å². The Bertz CT molecular complexity index is 952. The molecular formula is C16H14N4O2. The van der Waals surface area contributed by atoms with Gasteiger partial charge in [0.1, 0.15) is 17.0 Å². The van der Waals surface area contributed by atoms with Crippen LogP contribution in [0.2, 0.25) is 0 Å². The van der Waals surface area contributed by atoms with Crippen molar-refractivity contribution in [3.05, 3.63) is 51.7 Å². The molecule has 0 unspecified atom stereocenters. The molecule has 1 N–H and O–H groups in total. The maximum Gasteiger partial charge on any atom is 0.262 e. The van der Waals surface area contributed by atoms with Gasteiger partial charge in [-0.25, -0.2) is 4.98 Å². The maximum atomic E-state index is 12.0. The van der Waals surface area contributed by atoms with Gasteiger partial charge < -0.3 is 9.72 Å². The molecule has 1 aliphatic rings. The van der Waals surface area contributed by atoms with E-state index in [1.165, 1.54) is 11.8 Å². The minimum atomic E-state index is -0.180. The van der Waals surface area contributed by atoms with Crippen molar-refractivity contribution in [1.82, 2.24) is 19.7 Å². The van der Waals surface area contributed by atoms with Crippen molar-refractivity contribution in [3.63, 3.8) is 0 Å². The highest BCUT2D eigenvalue weighted by molar-refractivity contribution is 5.75. The molecular weight excluding hydrogens is 280 g/mol. The molecule has 110 valence electrons. The van der Waals surface area contributed by atoms with E-state index >= 15 is 0 Å². The highest BCUT2D eigenvalue weighted by Gasteiger charge is 2.11. The molecule has 0 saturated carbocycles. The average molecular weight is 294 g/mol. The zero-order valence-corrected chi connectivity index (χ0v) is 12.0. The standard InChI is InChI=1S/C16H14N4O2/c1-20-15-12(9-17-20)16(21)19-14(18-15)5-3-10-2-4-13-11(8-10)6-7-22-13/h2-5,8-9H,6-7H2,1H3,(H,18,19,21). The molecule has 0 fully saturated rings. The average Bonchev–Trinajstić information content (AvgIpc) is 3.12. The first kappa shape index (κ1) is 12.8. The summed E-state index contributed by atoms with van der Waals surface area (Å²) in [4.78, 5) is 19.1. The van der Waals surface area contributed by atoms with Gasteiger partial charge in [-0.15, -0.1) is 0 Å².